The van der Waals surface area contributed by atoms with Crippen molar-refractivity contribution in [2.75, 3.05) is 0 Å². The molecule has 0 aliphatic carbocycles. The zero-order valence-corrected chi connectivity index (χ0v) is 11.5. The Morgan fingerprint density at radius 1 is 0.905 bits per heavy atom. The lowest BCUT2D eigenvalue weighted by Gasteiger charge is -2.10. The van der Waals surface area contributed by atoms with E-state index in [9.17, 15) is 4.79 Å². The Morgan fingerprint density at radius 2 is 1.62 bits per heavy atom. The maximum absolute atomic E-state index is 11.4. The van der Waals surface area contributed by atoms with Gasteiger partial charge in [0.05, 0.1) is 0 Å². The topological polar surface area (TPSA) is 26.3 Å². The third kappa shape index (κ3) is 2.70. The number of ether oxygens (including phenoxy) is 1. The van der Waals surface area contributed by atoms with Gasteiger partial charge < -0.3 is 4.74 Å². The molecule has 0 saturated heterocycles. The summed E-state index contributed by atoms with van der Waals surface area (Å²) < 4.78 is 5.30. The normalized spacial score (nSPS) is 10.3. The molecule has 0 fully saturated rings. The molecule has 0 aromatic heterocycles. The van der Waals surface area contributed by atoms with Crippen molar-refractivity contribution in [2.24, 2.45) is 0 Å². The van der Waals surface area contributed by atoms with E-state index in [-0.39, 0.29) is 0 Å². The number of carbonyl (C=O) groups excluding carboxylic acids is 1. The zero-order chi connectivity index (χ0) is 14.7. The molecule has 2 heteroatoms. The SMILES string of the molecule is C=CC(=O)Oc1ccccc1-c1ccc2ccccc2c1. The first-order chi connectivity index (χ1) is 10.3. The minimum atomic E-state index is -0.455. The van der Waals surface area contributed by atoms with Crippen LogP contribution in [0.25, 0.3) is 21.9 Å². The smallest absolute Gasteiger partial charge is 0.335 e. The molecule has 0 aliphatic rings. The summed E-state index contributed by atoms with van der Waals surface area (Å²) in [7, 11) is 0. The summed E-state index contributed by atoms with van der Waals surface area (Å²) in [6, 6.07) is 21.8. The van der Waals surface area contributed by atoms with Crippen LogP contribution in [0, 0.1) is 0 Å². The molecular formula is C19H14O2. The van der Waals surface area contributed by atoms with Crippen molar-refractivity contribution in [3.05, 3.63) is 79.4 Å². The van der Waals surface area contributed by atoms with Gasteiger partial charge in [0.2, 0.25) is 0 Å². The number of benzene rings is 3. The standard InChI is InChI=1S/C19H14O2/c1-2-19(20)21-18-10-6-5-9-17(18)16-12-11-14-7-3-4-8-15(14)13-16/h2-13H,1H2. The van der Waals surface area contributed by atoms with Gasteiger partial charge in [-0.2, -0.15) is 0 Å². The molecule has 2 nitrogen and oxygen atoms in total. The van der Waals surface area contributed by atoms with E-state index >= 15 is 0 Å². The first kappa shape index (κ1) is 13.1. The minimum Gasteiger partial charge on any atom is -0.423 e. The highest BCUT2D eigenvalue weighted by atomic mass is 16.5. The molecule has 0 bridgehead atoms. The molecular weight excluding hydrogens is 260 g/mol. The first-order valence-electron chi connectivity index (χ1n) is 6.70. The molecule has 3 aromatic rings. The second-order valence-electron chi connectivity index (χ2n) is 4.68. The molecule has 3 rings (SSSR count). The maximum Gasteiger partial charge on any atom is 0.335 e. The molecule has 0 unspecified atom stereocenters. The monoisotopic (exact) mass is 274 g/mol. The molecule has 102 valence electrons. The Balaban J connectivity index is 2.09. The van der Waals surface area contributed by atoms with Gasteiger partial charge in [0.15, 0.2) is 0 Å². The number of para-hydroxylation sites is 1. The van der Waals surface area contributed by atoms with Crippen molar-refractivity contribution in [3.8, 4) is 16.9 Å². The summed E-state index contributed by atoms with van der Waals surface area (Å²) in [5, 5.41) is 2.33. The number of fused-ring (bicyclic) bond motifs is 1. The molecule has 0 aliphatic heterocycles. The van der Waals surface area contributed by atoms with Crippen molar-refractivity contribution in [3.63, 3.8) is 0 Å². The van der Waals surface area contributed by atoms with Gasteiger partial charge in [0.1, 0.15) is 5.75 Å². The number of hydrogen-bond acceptors (Lipinski definition) is 2. The molecule has 0 radical (unpaired) electrons. The van der Waals surface area contributed by atoms with Crippen LogP contribution in [-0.4, -0.2) is 5.97 Å². The van der Waals surface area contributed by atoms with E-state index in [1.165, 1.54) is 5.39 Å². The van der Waals surface area contributed by atoms with Crippen LogP contribution >= 0.6 is 0 Å². The van der Waals surface area contributed by atoms with Crippen LogP contribution in [-0.2, 0) is 4.79 Å². The fraction of sp³-hybridized carbons (Fsp3) is 0. The maximum atomic E-state index is 11.4. The Morgan fingerprint density at radius 3 is 2.43 bits per heavy atom. The number of esters is 1. The highest BCUT2D eigenvalue weighted by Gasteiger charge is 2.08. The molecule has 0 heterocycles. The largest absolute Gasteiger partial charge is 0.423 e. The summed E-state index contributed by atoms with van der Waals surface area (Å²) in [5.74, 6) is 0.0842. The van der Waals surface area contributed by atoms with E-state index in [1.54, 1.807) is 6.07 Å². The number of hydrogen-bond donors (Lipinski definition) is 0. The Hall–Kier alpha value is -2.87. The molecule has 0 spiro atoms. The highest BCUT2D eigenvalue weighted by molar-refractivity contribution is 5.89. The number of carbonyl (C=O) groups is 1. The van der Waals surface area contributed by atoms with Crippen LogP contribution < -0.4 is 4.74 Å². The van der Waals surface area contributed by atoms with Gasteiger partial charge in [0.25, 0.3) is 0 Å². The van der Waals surface area contributed by atoms with Crippen molar-refractivity contribution in [2.45, 2.75) is 0 Å². The summed E-state index contributed by atoms with van der Waals surface area (Å²) in [6.07, 6.45) is 1.16. The minimum absolute atomic E-state index is 0.455. The van der Waals surface area contributed by atoms with Gasteiger partial charge in [-0.25, -0.2) is 4.79 Å². The fourth-order valence-electron chi connectivity index (χ4n) is 2.30. The molecule has 0 amide bonds. The second kappa shape index (κ2) is 5.63. The first-order valence-corrected chi connectivity index (χ1v) is 6.70. The third-order valence-electron chi connectivity index (χ3n) is 3.32. The summed E-state index contributed by atoms with van der Waals surface area (Å²) in [6.45, 7) is 3.43. The van der Waals surface area contributed by atoms with Crippen LogP contribution in [0.2, 0.25) is 0 Å². The average Bonchev–Trinajstić information content (AvgIpc) is 2.55. The Kier molecular flexibility index (Phi) is 3.52. The Labute approximate surface area is 123 Å². The average molecular weight is 274 g/mol. The molecule has 0 saturated carbocycles. The van der Waals surface area contributed by atoms with Gasteiger partial charge >= 0.3 is 5.97 Å². The van der Waals surface area contributed by atoms with E-state index in [0.717, 1.165) is 22.6 Å². The van der Waals surface area contributed by atoms with Gasteiger partial charge in [-0.05, 0) is 28.5 Å². The lowest BCUT2D eigenvalue weighted by atomic mass is 10.0. The van der Waals surface area contributed by atoms with E-state index in [2.05, 4.69) is 30.8 Å². The van der Waals surface area contributed by atoms with Crippen LogP contribution in [0.3, 0.4) is 0 Å². The lowest BCUT2D eigenvalue weighted by Crippen LogP contribution is -2.04. The van der Waals surface area contributed by atoms with Crippen LogP contribution in [0.15, 0.2) is 79.4 Å². The zero-order valence-electron chi connectivity index (χ0n) is 11.5. The van der Waals surface area contributed by atoms with E-state index < -0.39 is 5.97 Å². The van der Waals surface area contributed by atoms with Gasteiger partial charge in [0, 0.05) is 11.6 Å². The highest BCUT2D eigenvalue weighted by Crippen LogP contribution is 2.32. The molecule has 0 N–H and O–H groups in total. The molecule has 3 aromatic carbocycles. The van der Waals surface area contributed by atoms with Gasteiger partial charge in [-0.15, -0.1) is 0 Å². The van der Waals surface area contributed by atoms with Crippen LogP contribution in [0.5, 0.6) is 5.75 Å². The van der Waals surface area contributed by atoms with Crippen LogP contribution in [0.4, 0.5) is 0 Å². The van der Waals surface area contributed by atoms with Crippen molar-refractivity contribution < 1.29 is 9.53 Å². The molecule has 21 heavy (non-hydrogen) atoms. The quantitative estimate of drug-likeness (QED) is 0.396. The predicted octanol–water partition coefficient (Wildman–Crippen LogP) is 4.60. The van der Waals surface area contributed by atoms with E-state index in [4.69, 9.17) is 4.74 Å². The fourth-order valence-corrected chi connectivity index (χ4v) is 2.30. The third-order valence-corrected chi connectivity index (χ3v) is 3.32. The van der Waals surface area contributed by atoms with E-state index in [0.29, 0.717) is 5.75 Å². The summed E-state index contributed by atoms with van der Waals surface area (Å²) >= 11 is 0. The summed E-state index contributed by atoms with van der Waals surface area (Å²) in [4.78, 5) is 11.4. The van der Waals surface area contributed by atoms with Crippen LogP contribution in [0.1, 0.15) is 0 Å². The predicted molar refractivity (Wildman–Crippen MR) is 85.2 cm³/mol. The second-order valence-corrected chi connectivity index (χ2v) is 4.68. The van der Waals surface area contributed by atoms with Crippen molar-refractivity contribution >= 4 is 16.7 Å². The van der Waals surface area contributed by atoms with Gasteiger partial charge in [-0.3, -0.25) is 0 Å². The lowest BCUT2D eigenvalue weighted by molar-refractivity contribution is -0.128. The van der Waals surface area contributed by atoms with E-state index in [1.807, 2.05) is 36.4 Å². The van der Waals surface area contributed by atoms with Crippen molar-refractivity contribution in [1.29, 1.82) is 0 Å². The molecule has 0 atom stereocenters. The van der Waals surface area contributed by atoms with Gasteiger partial charge in [-0.1, -0.05) is 61.2 Å². The summed E-state index contributed by atoms with van der Waals surface area (Å²) in [5.41, 5.74) is 1.90. The number of rotatable bonds is 3. The Bertz CT molecular complexity index is 818. The van der Waals surface area contributed by atoms with Crippen molar-refractivity contribution in [1.82, 2.24) is 0 Å².